The van der Waals surface area contributed by atoms with Crippen LogP contribution in [0.1, 0.15) is 39.2 Å². The van der Waals surface area contributed by atoms with Crippen LogP contribution < -0.4 is 5.32 Å². The number of hydrogen-bond donors (Lipinski definition) is 2. The summed E-state index contributed by atoms with van der Waals surface area (Å²) in [5.41, 5.74) is -1.43. The lowest BCUT2D eigenvalue weighted by Crippen LogP contribution is -2.34. The fraction of sp³-hybridized carbons (Fsp3) is 0.533. The molecule has 0 aromatic heterocycles. The van der Waals surface area contributed by atoms with Crippen LogP contribution in [0.25, 0.3) is 0 Å². The van der Waals surface area contributed by atoms with Crippen molar-refractivity contribution in [3.05, 3.63) is 29.3 Å². The highest BCUT2D eigenvalue weighted by Crippen LogP contribution is 2.23. The molecule has 2 N–H and O–H groups in total. The van der Waals surface area contributed by atoms with E-state index in [0.29, 0.717) is 12.3 Å². The first-order chi connectivity index (χ1) is 9.25. The number of nitrogens with zero attached hydrogens (tertiary/aromatic N) is 1. The zero-order valence-electron chi connectivity index (χ0n) is 12.0. The van der Waals surface area contributed by atoms with E-state index in [1.165, 1.54) is 0 Å². The Morgan fingerprint density at radius 1 is 1.35 bits per heavy atom. The Morgan fingerprint density at radius 3 is 2.35 bits per heavy atom. The van der Waals surface area contributed by atoms with Gasteiger partial charge in [0.15, 0.2) is 11.6 Å². The number of rotatable bonds is 6. The standard InChI is InChI=1S/C15H20F2N2O/c1-10(2)4-5-15(3,20)9-19-14-12(16)6-11(8-18)7-13(14)17/h6-7,10,19-20H,4-5,9H2,1-3H3. The van der Waals surface area contributed by atoms with Crippen LogP contribution in [-0.4, -0.2) is 17.3 Å². The van der Waals surface area contributed by atoms with Crippen LogP contribution >= 0.6 is 0 Å². The maximum absolute atomic E-state index is 13.7. The third-order valence-corrected chi connectivity index (χ3v) is 3.08. The number of nitrogens with one attached hydrogen (secondary N) is 1. The Morgan fingerprint density at radius 2 is 1.90 bits per heavy atom. The second-order valence-corrected chi connectivity index (χ2v) is 5.71. The van der Waals surface area contributed by atoms with Crippen molar-refractivity contribution in [3.8, 4) is 6.07 Å². The predicted molar refractivity (Wildman–Crippen MR) is 74.3 cm³/mol. The smallest absolute Gasteiger partial charge is 0.150 e. The van der Waals surface area contributed by atoms with Gasteiger partial charge in [-0.2, -0.15) is 5.26 Å². The number of anilines is 1. The molecule has 110 valence electrons. The third kappa shape index (κ3) is 4.78. The molecule has 20 heavy (non-hydrogen) atoms. The molecule has 0 aliphatic carbocycles. The van der Waals surface area contributed by atoms with Crippen LogP contribution in [-0.2, 0) is 0 Å². The van der Waals surface area contributed by atoms with Gasteiger partial charge in [0.1, 0.15) is 5.69 Å². The van der Waals surface area contributed by atoms with Gasteiger partial charge in [0.25, 0.3) is 0 Å². The zero-order valence-corrected chi connectivity index (χ0v) is 12.0. The van der Waals surface area contributed by atoms with Gasteiger partial charge in [-0.1, -0.05) is 13.8 Å². The SMILES string of the molecule is CC(C)CCC(C)(O)CNc1c(F)cc(C#N)cc1F. The number of aliphatic hydroxyl groups is 1. The van der Waals surface area contributed by atoms with E-state index in [1.807, 2.05) is 13.8 Å². The van der Waals surface area contributed by atoms with Crippen molar-refractivity contribution in [1.82, 2.24) is 0 Å². The number of hydrogen-bond acceptors (Lipinski definition) is 3. The van der Waals surface area contributed by atoms with Gasteiger partial charge in [-0.25, -0.2) is 8.78 Å². The summed E-state index contributed by atoms with van der Waals surface area (Å²) in [6.45, 7) is 5.76. The van der Waals surface area contributed by atoms with Crippen LogP contribution in [0.3, 0.4) is 0 Å². The average Bonchev–Trinajstić information content (AvgIpc) is 2.35. The summed E-state index contributed by atoms with van der Waals surface area (Å²) in [7, 11) is 0. The van der Waals surface area contributed by atoms with E-state index in [0.717, 1.165) is 18.6 Å². The first kappa shape index (κ1) is 16.4. The Kier molecular flexibility index (Phi) is 5.46. The highest BCUT2D eigenvalue weighted by molar-refractivity contribution is 5.50. The first-order valence-corrected chi connectivity index (χ1v) is 6.60. The van der Waals surface area contributed by atoms with E-state index >= 15 is 0 Å². The molecule has 0 radical (unpaired) electrons. The van der Waals surface area contributed by atoms with Gasteiger partial charge >= 0.3 is 0 Å². The second-order valence-electron chi connectivity index (χ2n) is 5.71. The van der Waals surface area contributed by atoms with Crippen molar-refractivity contribution in [2.45, 2.75) is 39.2 Å². The van der Waals surface area contributed by atoms with Crippen molar-refractivity contribution < 1.29 is 13.9 Å². The molecular formula is C15H20F2N2O. The molecule has 0 heterocycles. The Bertz CT molecular complexity index is 484. The Hall–Kier alpha value is -1.67. The zero-order chi connectivity index (χ0) is 15.3. The van der Waals surface area contributed by atoms with E-state index in [2.05, 4.69) is 5.32 Å². The molecule has 1 unspecified atom stereocenters. The minimum absolute atomic E-state index is 0.0411. The summed E-state index contributed by atoms with van der Waals surface area (Å²) < 4.78 is 27.3. The Balaban J connectivity index is 2.73. The lowest BCUT2D eigenvalue weighted by atomic mass is 9.95. The Labute approximate surface area is 118 Å². The molecule has 3 nitrogen and oxygen atoms in total. The lowest BCUT2D eigenvalue weighted by molar-refractivity contribution is 0.0585. The molecule has 0 spiro atoms. The van der Waals surface area contributed by atoms with Gasteiger partial charge < -0.3 is 10.4 Å². The first-order valence-electron chi connectivity index (χ1n) is 6.60. The molecule has 5 heteroatoms. The van der Waals surface area contributed by atoms with E-state index in [-0.39, 0.29) is 17.8 Å². The van der Waals surface area contributed by atoms with Crippen LogP contribution in [0, 0.1) is 28.9 Å². The van der Waals surface area contributed by atoms with Gasteiger partial charge in [0.05, 0.1) is 17.2 Å². The fourth-order valence-corrected chi connectivity index (χ4v) is 1.77. The molecule has 1 aromatic rings. The minimum atomic E-state index is -1.04. The largest absolute Gasteiger partial charge is 0.388 e. The predicted octanol–water partition coefficient (Wildman–Crippen LogP) is 3.44. The van der Waals surface area contributed by atoms with E-state index < -0.39 is 17.2 Å². The molecule has 0 aliphatic heterocycles. The maximum atomic E-state index is 13.7. The lowest BCUT2D eigenvalue weighted by Gasteiger charge is -2.25. The van der Waals surface area contributed by atoms with Gasteiger partial charge in [0, 0.05) is 6.54 Å². The summed E-state index contributed by atoms with van der Waals surface area (Å²) >= 11 is 0. The van der Waals surface area contributed by atoms with Crippen molar-refractivity contribution in [2.75, 3.05) is 11.9 Å². The van der Waals surface area contributed by atoms with Crippen molar-refractivity contribution >= 4 is 5.69 Å². The van der Waals surface area contributed by atoms with Crippen molar-refractivity contribution in [2.24, 2.45) is 5.92 Å². The molecule has 1 rings (SSSR count). The van der Waals surface area contributed by atoms with Gasteiger partial charge in [0.2, 0.25) is 0 Å². The number of halogens is 2. The van der Waals surface area contributed by atoms with Crippen LogP contribution in [0.4, 0.5) is 14.5 Å². The van der Waals surface area contributed by atoms with Crippen molar-refractivity contribution in [3.63, 3.8) is 0 Å². The molecule has 0 fully saturated rings. The molecule has 0 amide bonds. The molecule has 1 aromatic carbocycles. The molecule has 0 bridgehead atoms. The summed E-state index contributed by atoms with van der Waals surface area (Å²) in [5.74, 6) is -1.22. The van der Waals surface area contributed by atoms with Crippen LogP contribution in [0.15, 0.2) is 12.1 Å². The normalized spacial score (nSPS) is 13.9. The quantitative estimate of drug-likeness (QED) is 0.840. The van der Waals surface area contributed by atoms with Gasteiger partial charge in [-0.15, -0.1) is 0 Å². The number of benzene rings is 1. The van der Waals surface area contributed by atoms with Crippen molar-refractivity contribution in [1.29, 1.82) is 5.26 Å². The second kappa shape index (κ2) is 6.67. The van der Waals surface area contributed by atoms with Crippen LogP contribution in [0.5, 0.6) is 0 Å². The monoisotopic (exact) mass is 282 g/mol. The minimum Gasteiger partial charge on any atom is -0.388 e. The van der Waals surface area contributed by atoms with Crippen LogP contribution in [0.2, 0.25) is 0 Å². The maximum Gasteiger partial charge on any atom is 0.150 e. The third-order valence-electron chi connectivity index (χ3n) is 3.08. The molecular weight excluding hydrogens is 262 g/mol. The summed E-state index contributed by atoms with van der Waals surface area (Å²) in [6.07, 6.45) is 1.37. The van der Waals surface area contributed by atoms with E-state index in [1.54, 1.807) is 13.0 Å². The van der Waals surface area contributed by atoms with E-state index in [4.69, 9.17) is 5.26 Å². The molecule has 0 saturated carbocycles. The summed E-state index contributed by atoms with van der Waals surface area (Å²) in [6, 6.07) is 3.62. The highest BCUT2D eigenvalue weighted by Gasteiger charge is 2.22. The van der Waals surface area contributed by atoms with Gasteiger partial charge in [-0.05, 0) is 37.8 Å². The molecule has 1 atom stereocenters. The average molecular weight is 282 g/mol. The number of nitriles is 1. The fourth-order valence-electron chi connectivity index (χ4n) is 1.77. The molecule has 0 aliphatic rings. The topological polar surface area (TPSA) is 56.0 Å². The van der Waals surface area contributed by atoms with Gasteiger partial charge in [-0.3, -0.25) is 0 Å². The molecule has 0 saturated heterocycles. The summed E-state index contributed by atoms with van der Waals surface area (Å²) in [4.78, 5) is 0. The highest BCUT2D eigenvalue weighted by atomic mass is 19.1. The van der Waals surface area contributed by atoms with E-state index in [9.17, 15) is 13.9 Å². The summed E-state index contributed by atoms with van der Waals surface area (Å²) in [5, 5.41) is 21.3.